The number of carbonyl (C=O) groups is 2. The van der Waals surface area contributed by atoms with Gasteiger partial charge in [-0.2, -0.15) is 0 Å². The number of amides is 1. The minimum absolute atomic E-state index is 0.162. The molecule has 1 amide bonds. The summed E-state index contributed by atoms with van der Waals surface area (Å²) in [5.74, 6) is -1.05. The highest BCUT2D eigenvalue weighted by Crippen LogP contribution is 2.31. The number of hydrogen-bond donors (Lipinski definition) is 2. The van der Waals surface area contributed by atoms with Gasteiger partial charge in [-0.3, -0.25) is 9.59 Å². The van der Waals surface area contributed by atoms with Crippen LogP contribution in [0, 0.1) is 5.82 Å². The molecule has 0 aliphatic carbocycles. The number of nitrogens with one attached hydrogen (secondary N) is 2. The maximum Gasteiger partial charge on any atom is 0.325 e. The molecule has 0 fully saturated rings. The number of hydrogen-bond acceptors (Lipinski definition) is 3. The van der Waals surface area contributed by atoms with Crippen LogP contribution in [0.4, 0.5) is 4.39 Å². The fraction of sp³-hybridized carbons (Fsp3) is 0.273. The average molecular weight is 382 g/mol. The predicted molar refractivity (Wildman–Crippen MR) is 106 cm³/mol. The molecule has 1 heterocycles. The van der Waals surface area contributed by atoms with E-state index in [9.17, 15) is 14.0 Å². The number of ether oxygens (including phenoxy) is 1. The molecule has 3 rings (SSSR count). The van der Waals surface area contributed by atoms with E-state index in [1.165, 1.54) is 12.1 Å². The van der Waals surface area contributed by atoms with Crippen molar-refractivity contribution in [2.75, 3.05) is 6.54 Å². The fourth-order valence-electron chi connectivity index (χ4n) is 3.13. The molecular weight excluding hydrogens is 359 g/mol. The number of fused-ring (bicyclic) bond motifs is 1. The van der Waals surface area contributed by atoms with E-state index in [4.69, 9.17) is 4.74 Å². The Morgan fingerprint density at radius 3 is 2.61 bits per heavy atom. The number of H-pyrrole nitrogens is 1. The third-order valence-corrected chi connectivity index (χ3v) is 4.33. The van der Waals surface area contributed by atoms with Crippen molar-refractivity contribution in [2.24, 2.45) is 0 Å². The average Bonchev–Trinajstić information content (AvgIpc) is 3.02. The summed E-state index contributed by atoms with van der Waals surface area (Å²) in [5, 5.41) is 3.33. The van der Waals surface area contributed by atoms with Crippen LogP contribution in [-0.2, 0) is 20.7 Å². The molecule has 5 nitrogen and oxygen atoms in total. The Morgan fingerprint density at radius 1 is 1.14 bits per heavy atom. The quantitative estimate of drug-likeness (QED) is 0.607. The minimum Gasteiger partial charge on any atom is -0.462 e. The topological polar surface area (TPSA) is 71.2 Å². The summed E-state index contributed by atoms with van der Waals surface area (Å²) in [4.78, 5) is 27.1. The van der Waals surface area contributed by atoms with Crippen LogP contribution < -0.4 is 5.32 Å². The van der Waals surface area contributed by atoms with Gasteiger partial charge in [-0.1, -0.05) is 30.3 Å². The molecule has 0 saturated heterocycles. The smallest absolute Gasteiger partial charge is 0.325 e. The van der Waals surface area contributed by atoms with Gasteiger partial charge in [0.1, 0.15) is 12.4 Å². The third kappa shape index (κ3) is 4.76. The summed E-state index contributed by atoms with van der Waals surface area (Å²) in [6, 6.07) is 14.3. The lowest BCUT2D eigenvalue weighted by atomic mass is 10.0. The zero-order valence-electron chi connectivity index (χ0n) is 15.9. The molecule has 146 valence electrons. The number of esters is 1. The zero-order valence-corrected chi connectivity index (χ0v) is 15.9. The van der Waals surface area contributed by atoms with Crippen molar-refractivity contribution in [3.63, 3.8) is 0 Å². The molecule has 3 aromatic rings. The molecule has 0 spiro atoms. The van der Waals surface area contributed by atoms with Gasteiger partial charge in [0.25, 0.3) is 0 Å². The number of aryl methyl sites for hydroxylation is 1. The van der Waals surface area contributed by atoms with Gasteiger partial charge in [-0.15, -0.1) is 0 Å². The number of rotatable bonds is 7. The first-order valence-corrected chi connectivity index (χ1v) is 9.25. The molecule has 0 bridgehead atoms. The molecule has 0 atom stereocenters. The largest absolute Gasteiger partial charge is 0.462 e. The molecule has 1 aromatic heterocycles. The molecule has 0 saturated carbocycles. The van der Waals surface area contributed by atoms with Gasteiger partial charge in [-0.05, 0) is 49.6 Å². The van der Waals surface area contributed by atoms with Gasteiger partial charge < -0.3 is 15.0 Å². The number of halogens is 1. The van der Waals surface area contributed by atoms with Crippen molar-refractivity contribution in [3.8, 4) is 11.3 Å². The second kappa shape index (κ2) is 8.69. The number of aromatic nitrogens is 1. The van der Waals surface area contributed by atoms with Crippen molar-refractivity contribution in [2.45, 2.75) is 32.8 Å². The molecule has 2 N–H and O–H groups in total. The van der Waals surface area contributed by atoms with E-state index in [1.807, 2.05) is 30.3 Å². The highest BCUT2D eigenvalue weighted by Gasteiger charge is 2.16. The lowest BCUT2D eigenvalue weighted by Crippen LogP contribution is -2.31. The van der Waals surface area contributed by atoms with E-state index < -0.39 is 5.97 Å². The maximum atomic E-state index is 13.8. The van der Waals surface area contributed by atoms with E-state index in [0.717, 1.165) is 27.7 Å². The van der Waals surface area contributed by atoms with E-state index in [0.29, 0.717) is 6.42 Å². The van der Waals surface area contributed by atoms with Gasteiger partial charge in [0.2, 0.25) is 5.91 Å². The summed E-state index contributed by atoms with van der Waals surface area (Å²) in [5.41, 5.74) is 3.53. The van der Waals surface area contributed by atoms with Gasteiger partial charge in [0, 0.05) is 23.0 Å². The van der Waals surface area contributed by atoms with E-state index in [-0.39, 0.29) is 30.8 Å². The Labute approximate surface area is 162 Å². The van der Waals surface area contributed by atoms with Crippen LogP contribution in [0.2, 0.25) is 0 Å². The molecule has 0 aliphatic heterocycles. The highest BCUT2D eigenvalue weighted by molar-refractivity contribution is 5.91. The van der Waals surface area contributed by atoms with E-state index in [1.54, 1.807) is 19.9 Å². The van der Waals surface area contributed by atoms with Gasteiger partial charge in [0.15, 0.2) is 0 Å². The molecule has 6 heteroatoms. The van der Waals surface area contributed by atoms with E-state index in [2.05, 4.69) is 10.3 Å². The van der Waals surface area contributed by atoms with Crippen LogP contribution >= 0.6 is 0 Å². The molecule has 0 radical (unpaired) electrons. The second-order valence-electron chi connectivity index (χ2n) is 6.85. The fourth-order valence-corrected chi connectivity index (χ4v) is 3.13. The van der Waals surface area contributed by atoms with Gasteiger partial charge in [-0.25, -0.2) is 4.39 Å². The van der Waals surface area contributed by atoms with Crippen LogP contribution in [0.15, 0.2) is 48.5 Å². The molecule has 2 aromatic carbocycles. The first kappa shape index (κ1) is 19.6. The maximum absolute atomic E-state index is 13.8. The van der Waals surface area contributed by atoms with E-state index >= 15 is 0 Å². The van der Waals surface area contributed by atoms with Crippen LogP contribution in [0.25, 0.3) is 22.2 Å². The van der Waals surface area contributed by atoms with Gasteiger partial charge >= 0.3 is 5.97 Å². The number of benzene rings is 2. The van der Waals surface area contributed by atoms with Crippen molar-refractivity contribution >= 4 is 22.8 Å². The summed E-state index contributed by atoms with van der Waals surface area (Å²) in [6.45, 7) is 3.34. The summed E-state index contributed by atoms with van der Waals surface area (Å²) < 4.78 is 18.8. The third-order valence-electron chi connectivity index (χ3n) is 4.33. The van der Waals surface area contributed by atoms with Crippen molar-refractivity contribution in [1.29, 1.82) is 0 Å². The second-order valence-corrected chi connectivity index (χ2v) is 6.85. The minimum atomic E-state index is -0.470. The standard InChI is InChI=1S/C22H23FN2O3/c1-14(2)28-21(27)13-24-20(26)11-9-17-18-12-16(23)8-10-19(18)25-22(17)15-6-4-3-5-7-15/h3-8,10,12,14,25H,9,11,13H2,1-2H3,(H,24,26). The molecule has 0 unspecified atom stereocenters. The summed E-state index contributed by atoms with van der Waals surface area (Å²) >= 11 is 0. The van der Waals surface area contributed by atoms with Crippen LogP contribution in [-0.4, -0.2) is 29.5 Å². The Kier molecular flexibility index (Phi) is 6.09. The van der Waals surface area contributed by atoms with Crippen molar-refractivity contribution in [1.82, 2.24) is 10.3 Å². The molecule has 28 heavy (non-hydrogen) atoms. The normalized spacial score (nSPS) is 11.0. The van der Waals surface area contributed by atoms with Crippen molar-refractivity contribution in [3.05, 3.63) is 59.9 Å². The van der Waals surface area contributed by atoms with Crippen LogP contribution in [0.1, 0.15) is 25.8 Å². The Morgan fingerprint density at radius 2 is 1.89 bits per heavy atom. The number of carbonyl (C=O) groups excluding carboxylic acids is 2. The summed E-state index contributed by atoms with van der Waals surface area (Å²) in [6.07, 6.45) is 0.371. The predicted octanol–water partition coefficient (Wildman–Crippen LogP) is 3.97. The zero-order chi connectivity index (χ0) is 20.1. The van der Waals surface area contributed by atoms with Gasteiger partial charge in [0.05, 0.1) is 6.10 Å². The highest BCUT2D eigenvalue weighted by atomic mass is 19.1. The Balaban J connectivity index is 1.77. The SMILES string of the molecule is CC(C)OC(=O)CNC(=O)CCc1c(-c2ccccc2)[nH]c2ccc(F)cc12. The Bertz CT molecular complexity index is 980. The first-order chi connectivity index (χ1) is 13.4. The lowest BCUT2D eigenvalue weighted by Gasteiger charge is -2.09. The summed E-state index contributed by atoms with van der Waals surface area (Å²) in [7, 11) is 0. The molecule has 0 aliphatic rings. The Hall–Kier alpha value is -3.15. The van der Waals surface area contributed by atoms with Crippen LogP contribution in [0.5, 0.6) is 0 Å². The molecular formula is C22H23FN2O3. The monoisotopic (exact) mass is 382 g/mol. The van der Waals surface area contributed by atoms with Crippen LogP contribution in [0.3, 0.4) is 0 Å². The van der Waals surface area contributed by atoms with Crippen molar-refractivity contribution < 1.29 is 18.7 Å². The number of aromatic amines is 1. The lowest BCUT2D eigenvalue weighted by molar-refractivity contribution is -0.147. The first-order valence-electron chi connectivity index (χ1n) is 9.25.